The van der Waals surface area contributed by atoms with Crippen molar-refractivity contribution in [1.29, 1.82) is 0 Å². The topological polar surface area (TPSA) is 0 Å². The molecule has 0 radical (unpaired) electrons. The van der Waals surface area contributed by atoms with E-state index in [1.54, 1.807) is 18.2 Å². The van der Waals surface area contributed by atoms with Gasteiger partial charge >= 0.3 is 6.18 Å². The van der Waals surface area contributed by atoms with Crippen LogP contribution in [0.25, 0.3) is 5.57 Å². The summed E-state index contributed by atoms with van der Waals surface area (Å²) in [5.74, 6) is 0.270. The number of hydrogen-bond acceptors (Lipinski definition) is 1. The van der Waals surface area contributed by atoms with E-state index in [-0.39, 0.29) is 11.5 Å². The molecule has 0 aromatic heterocycles. The van der Waals surface area contributed by atoms with Gasteiger partial charge in [0.1, 0.15) is 0 Å². The number of rotatable bonds is 3. The van der Waals surface area contributed by atoms with Gasteiger partial charge in [0.05, 0.1) is 5.57 Å². The lowest BCUT2D eigenvalue weighted by Crippen LogP contribution is -2.10. The second-order valence-electron chi connectivity index (χ2n) is 4.65. The Morgan fingerprint density at radius 2 is 1.95 bits per heavy atom. The summed E-state index contributed by atoms with van der Waals surface area (Å²) in [4.78, 5) is 0.963. The highest BCUT2D eigenvalue weighted by Crippen LogP contribution is 2.39. The first-order valence-corrected chi connectivity index (χ1v) is 7.22. The van der Waals surface area contributed by atoms with Crippen molar-refractivity contribution < 1.29 is 13.2 Å². The SMILES string of the molecule is CC1CC=CC=C1S/C=C(/c1ccccc1)C(F)(F)F. The largest absolute Gasteiger partial charge is 0.417 e. The Morgan fingerprint density at radius 3 is 2.55 bits per heavy atom. The van der Waals surface area contributed by atoms with Crippen molar-refractivity contribution in [3.8, 4) is 0 Å². The van der Waals surface area contributed by atoms with Gasteiger partial charge in [-0.2, -0.15) is 13.2 Å². The van der Waals surface area contributed by atoms with Crippen LogP contribution in [-0.4, -0.2) is 6.18 Å². The fraction of sp³-hybridized carbons (Fsp3) is 0.250. The van der Waals surface area contributed by atoms with Gasteiger partial charge in [-0.05, 0) is 28.2 Å². The number of thioether (sulfide) groups is 1. The average Bonchev–Trinajstić information content (AvgIpc) is 2.41. The zero-order chi connectivity index (χ0) is 14.6. The molecule has 2 rings (SSSR count). The van der Waals surface area contributed by atoms with Crippen LogP contribution in [0.15, 0.2) is 58.9 Å². The van der Waals surface area contributed by atoms with Crippen LogP contribution >= 0.6 is 11.8 Å². The van der Waals surface area contributed by atoms with E-state index in [2.05, 4.69) is 0 Å². The Balaban J connectivity index is 2.26. The van der Waals surface area contributed by atoms with Gasteiger partial charge in [-0.25, -0.2) is 0 Å². The van der Waals surface area contributed by atoms with Crippen molar-refractivity contribution in [2.75, 3.05) is 0 Å². The highest BCUT2D eigenvalue weighted by atomic mass is 32.2. The molecular weight excluding hydrogens is 281 g/mol. The predicted octanol–water partition coefficient (Wildman–Crippen LogP) is 5.80. The van der Waals surface area contributed by atoms with Gasteiger partial charge in [0.15, 0.2) is 0 Å². The summed E-state index contributed by atoms with van der Waals surface area (Å²) in [5, 5.41) is 1.22. The standard InChI is InChI=1S/C16H15F3S/c1-12-7-5-6-10-15(12)20-11-14(16(17,18)19)13-8-3-2-4-9-13/h2-6,8-12H,7H2,1H3/b14-11-. The highest BCUT2D eigenvalue weighted by molar-refractivity contribution is 8.06. The van der Waals surface area contributed by atoms with E-state index >= 15 is 0 Å². The third kappa shape index (κ3) is 3.79. The zero-order valence-corrected chi connectivity index (χ0v) is 11.8. The lowest BCUT2D eigenvalue weighted by Gasteiger charge is -2.16. The maximum absolute atomic E-state index is 13.1. The number of alkyl halides is 3. The van der Waals surface area contributed by atoms with Crippen LogP contribution in [0, 0.1) is 5.92 Å². The molecule has 0 bridgehead atoms. The molecular formula is C16H15F3S. The number of allylic oxidation sites excluding steroid dienone is 5. The van der Waals surface area contributed by atoms with Gasteiger partial charge in [-0.3, -0.25) is 0 Å². The molecule has 4 heteroatoms. The fourth-order valence-electron chi connectivity index (χ4n) is 1.92. The van der Waals surface area contributed by atoms with E-state index < -0.39 is 11.7 Å². The monoisotopic (exact) mass is 296 g/mol. The van der Waals surface area contributed by atoms with Crippen molar-refractivity contribution in [3.63, 3.8) is 0 Å². The maximum Gasteiger partial charge on any atom is 0.417 e. The summed E-state index contributed by atoms with van der Waals surface area (Å²) in [7, 11) is 0. The van der Waals surface area contributed by atoms with Crippen molar-refractivity contribution in [2.45, 2.75) is 19.5 Å². The number of halogens is 3. The van der Waals surface area contributed by atoms with Crippen LogP contribution in [0.5, 0.6) is 0 Å². The summed E-state index contributed by atoms with van der Waals surface area (Å²) in [6, 6.07) is 7.91. The van der Waals surface area contributed by atoms with Crippen molar-refractivity contribution in [2.24, 2.45) is 5.92 Å². The van der Waals surface area contributed by atoms with Gasteiger partial charge < -0.3 is 0 Å². The second-order valence-corrected chi connectivity index (χ2v) is 5.59. The summed E-state index contributed by atoms with van der Waals surface area (Å²) >= 11 is 1.16. The first-order chi connectivity index (χ1) is 9.48. The summed E-state index contributed by atoms with van der Waals surface area (Å²) in [6.07, 6.45) is 2.34. The van der Waals surface area contributed by atoms with Gasteiger partial charge in [-0.1, -0.05) is 55.5 Å². The smallest absolute Gasteiger partial charge is 0.166 e. The average molecular weight is 296 g/mol. The molecule has 0 heterocycles. The van der Waals surface area contributed by atoms with Crippen molar-refractivity contribution in [3.05, 3.63) is 64.4 Å². The van der Waals surface area contributed by atoms with Crippen LogP contribution < -0.4 is 0 Å². The van der Waals surface area contributed by atoms with Crippen LogP contribution in [0.4, 0.5) is 13.2 Å². The van der Waals surface area contributed by atoms with Gasteiger partial charge in [0.2, 0.25) is 0 Å². The lowest BCUT2D eigenvalue weighted by molar-refractivity contribution is -0.0687. The molecule has 1 aromatic rings. The lowest BCUT2D eigenvalue weighted by atomic mass is 10.0. The van der Waals surface area contributed by atoms with E-state index in [9.17, 15) is 13.2 Å². The van der Waals surface area contributed by atoms with Gasteiger partial charge in [0.25, 0.3) is 0 Å². The van der Waals surface area contributed by atoms with E-state index in [0.717, 1.165) is 23.1 Å². The molecule has 0 fully saturated rings. The van der Waals surface area contributed by atoms with Crippen LogP contribution in [-0.2, 0) is 0 Å². The third-order valence-corrected chi connectivity index (χ3v) is 4.24. The molecule has 20 heavy (non-hydrogen) atoms. The minimum absolute atomic E-state index is 0.201. The van der Waals surface area contributed by atoms with E-state index in [1.807, 2.05) is 25.2 Å². The summed E-state index contributed by atoms with van der Waals surface area (Å²) in [6.45, 7) is 2.02. The first kappa shape index (κ1) is 15.0. The second kappa shape index (κ2) is 6.35. The van der Waals surface area contributed by atoms with Gasteiger partial charge in [-0.15, -0.1) is 11.8 Å². The van der Waals surface area contributed by atoms with Crippen molar-refractivity contribution in [1.82, 2.24) is 0 Å². The third-order valence-electron chi connectivity index (χ3n) is 3.07. The molecule has 0 amide bonds. The molecule has 0 aliphatic heterocycles. The quantitative estimate of drug-likeness (QED) is 0.679. The van der Waals surface area contributed by atoms with Crippen molar-refractivity contribution >= 4 is 17.3 Å². The van der Waals surface area contributed by atoms with E-state index in [1.165, 1.54) is 17.5 Å². The molecule has 1 atom stereocenters. The molecule has 0 saturated heterocycles. The Hall–Kier alpha value is -1.42. The van der Waals surface area contributed by atoms with Crippen LogP contribution in [0.2, 0.25) is 0 Å². The Morgan fingerprint density at radius 1 is 1.25 bits per heavy atom. The fourth-order valence-corrected chi connectivity index (χ4v) is 2.93. The molecule has 0 spiro atoms. The zero-order valence-electron chi connectivity index (χ0n) is 11.0. The van der Waals surface area contributed by atoms with E-state index in [4.69, 9.17) is 0 Å². The highest BCUT2D eigenvalue weighted by Gasteiger charge is 2.34. The molecule has 0 nitrogen and oxygen atoms in total. The minimum atomic E-state index is -4.34. The molecule has 1 aromatic carbocycles. The Bertz CT molecular complexity index is 539. The maximum atomic E-state index is 13.1. The predicted molar refractivity (Wildman–Crippen MR) is 79.1 cm³/mol. The Kier molecular flexibility index (Phi) is 4.76. The molecule has 1 aliphatic rings. The molecule has 1 unspecified atom stereocenters. The number of hydrogen-bond donors (Lipinski definition) is 0. The normalized spacial score (nSPS) is 19.9. The molecule has 1 aliphatic carbocycles. The first-order valence-electron chi connectivity index (χ1n) is 6.34. The molecule has 0 saturated carbocycles. The minimum Gasteiger partial charge on any atom is -0.166 e. The molecule has 0 N–H and O–H groups in total. The van der Waals surface area contributed by atoms with Crippen LogP contribution in [0.3, 0.4) is 0 Å². The van der Waals surface area contributed by atoms with E-state index in [0.29, 0.717) is 0 Å². The molecule has 106 valence electrons. The van der Waals surface area contributed by atoms with Gasteiger partial charge in [0, 0.05) is 0 Å². The summed E-state index contributed by atoms with van der Waals surface area (Å²) < 4.78 is 39.4. The van der Waals surface area contributed by atoms with Crippen LogP contribution in [0.1, 0.15) is 18.9 Å². The number of benzene rings is 1. The summed E-state index contributed by atoms with van der Waals surface area (Å²) in [5.41, 5.74) is -0.391. The Labute approximate surface area is 121 Å².